The lowest BCUT2D eigenvalue weighted by molar-refractivity contribution is 0.0987. The zero-order valence-electron chi connectivity index (χ0n) is 11.8. The second-order valence-corrected chi connectivity index (χ2v) is 4.71. The van der Waals surface area contributed by atoms with Crippen LogP contribution in [0.15, 0.2) is 52.9 Å². The molecule has 1 amide bonds. The van der Waals surface area contributed by atoms with Crippen molar-refractivity contribution < 1.29 is 18.0 Å². The van der Waals surface area contributed by atoms with Gasteiger partial charge in [-0.25, -0.2) is 8.78 Å². The lowest BCUT2D eigenvalue weighted by Gasteiger charge is -2.04. The zero-order chi connectivity index (χ0) is 16.2. The molecule has 23 heavy (non-hydrogen) atoms. The van der Waals surface area contributed by atoms with Gasteiger partial charge in [0.1, 0.15) is 17.3 Å². The molecule has 0 aliphatic carbocycles. The number of halogens is 2. The van der Waals surface area contributed by atoms with Gasteiger partial charge in [-0.2, -0.15) is 0 Å². The molecule has 1 N–H and O–H groups in total. The fourth-order valence-corrected chi connectivity index (χ4v) is 1.97. The van der Waals surface area contributed by atoms with Crippen LogP contribution < -0.4 is 5.32 Å². The first-order valence-electron chi connectivity index (χ1n) is 6.75. The number of rotatable bonds is 4. The molecule has 3 aromatic rings. The van der Waals surface area contributed by atoms with Crippen LogP contribution >= 0.6 is 0 Å². The molecular formula is C16H11F2N3O2. The van der Waals surface area contributed by atoms with Crippen LogP contribution in [0, 0.1) is 11.6 Å². The van der Waals surface area contributed by atoms with Crippen molar-refractivity contribution in [1.82, 2.24) is 10.2 Å². The third-order valence-electron chi connectivity index (χ3n) is 3.06. The van der Waals surface area contributed by atoms with E-state index in [4.69, 9.17) is 4.42 Å². The van der Waals surface area contributed by atoms with E-state index in [1.165, 1.54) is 6.07 Å². The van der Waals surface area contributed by atoms with Crippen molar-refractivity contribution >= 4 is 11.6 Å². The molecular weight excluding hydrogens is 304 g/mol. The van der Waals surface area contributed by atoms with Crippen molar-refractivity contribution in [2.45, 2.75) is 6.42 Å². The number of carbonyl (C=O) groups is 1. The number of benzene rings is 2. The Balaban J connectivity index is 1.74. The van der Waals surface area contributed by atoms with E-state index in [1.807, 2.05) is 30.3 Å². The minimum Gasteiger partial charge on any atom is -0.417 e. The Morgan fingerprint density at radius 1 is 1.00 bits per heavy atom. The van der Waals surface area contributed by atoms with Crippen molar-refractivity contribution in [1.29, 1.82) is 0 Å². The Kier molecular flexibility index (Phi) is 4.09. The maximum Gasteiger partial charge on any atom is 0.313 e. The standard InChI is InChI=1S/C16H11F2N3O2/c17-11-7-4-8-12(18)14(11)19-15(22)16-21-20-13(23-16)9-10-5-2-1-3-6-10/h1-8H,9H2,(H,19,22). The molecule has 116 valence electrons. The lowest BCUT2D eigenvalue weighted by Crippen LogP contribution is -2.14. The van der Waals surface area contributed by atoms with Crippen LogP contribution in [0.2, 0.25) is 0 Å². The van der Waals surface area contributed by atoms with Crippen molar-refractivity contribution in [3.8, 4) is 0 Å². The lowest BCUT2D eigenvalue weighted by atomic mass is 10.2. The van der Waals surface area contributed by atoms with E-state index in [0.717, 1.165) is 17.7 Å². The van der Waals surface area contributed by atoms with Gasteiger partial charge < -0.3 is 9.73 Å². The van der Waals surface area contributed by atoms with E-state index in [-0.39, 0.29) is 11.8 Å². The minimum atomic E-state index is -0.887. The summed E-state index contributed by atoms with van der Waals surface area (Å²) in [5.41, 5.74) is 0.378. The third-order valence-corrected chi connectivity index (χ3v) is 3.06. The Labute approximate surface area is 130 Å². The van der Waals surface area contributed by atoms with Gasteiger partial charge in [0.15, 0.2) is 0 Å². The smallest absolute Gasteiger partial charge is 0.313 e. The Morgan fingerprint density at radius 3 is 2.39 bits per heavy atom. The molecule has 5 nitrogen and oxygen atoms in total. The second kappa shape index (κ2) is 6.35. The van der Waals surface area contributed by atoms with Crippen molar-refractivity contribution in [3.63, 3.8) is 0 Å². The molecule has 0 unspecified atom stereocenters. The molecule has 0 radical (unpaired) electrons. The van der Waals surface area contributed by atoms with Crippen LogP contribution in [-0.4, -0.2) is 16.1 Å². The predicted molar refractivity (Wildman–Crippen MR) is 77.9 cm³/mol. The summed E-state index contributed by atoms with van der Waals surface area (Å²) in [5.74, 6) is -2.78. The number of nitrogens with one attached hydrogen (secondary N) is 1. The van der Waals surface area contributed by atoms with Gasteiger partial charge in [-0.05, 0) is 17.7 Å². The van der Waals surface area contributed by atoms with Crippen molar-refractivity contribution in [2.24, 2.45) is 0 Å². The molecule has 0 atom stereocenters. The van der Waals surface area contributed by atoms with E-state index in [9.17, 15) is 13.6 Å². The number of anilines is 1. The van der Waals surface area contributed by atoms with Gasteiger partial charge in [0, 0.05) is 0 Å². The molecule has 3 rings (SSSR count). The molecule has 0 fully saturated rings. The Morgan fingerprint density at radius 2 is 1.70 bits per heavy atom. The molecule has 2 aromatic carbocycles. The molecule has 0 aliphatic rings. The highest BCUT2D eigenvalue weighted by Gasteiger charge is 2.18. The van der Waals surface area contributed by atoms with Gasteiger partial charge in [-0.15, -0.1) is 10.2 Å². The SMILES string of the molecule is O=C(Nc1c(F)cccc1F)c1nnc(Cc2ccccc2)o1. The van der Waals surface area contributed by atoms with Gasteiger partial charge in [-0.3, -0.25) is 4.79 Å². The number of amides is 1. The van der Waals surface area contributed by atoms with Crippen LogP contribution in [0.5, 0.6) is 0 Å². The van der Waals surface area contributed by atoms with E-state index < -0.39 is 23.2 Å². The fraction of sp³-hybridized carbons (Fsp3) is 0.0625. The molecule has 7 heteroatoms. The molecule has 0 saturated carbocycles. The number of hydrogen-bond acceptors (Lipinski definition) is 4. The maximum absolute atomic E-state index is 13.5. The average Bonchev–Trinajstić information content (AvgIpc) is 3.00. The van der Waals surface area contributed by atoms with Crippen molar-refractivity contribution in [3.05, 3.63) is 77.5 Å². The largest absolute Gasteiger partial charge is 0.417 e. The molecule has 0 aliphatic heterocycles. The summed E-state index contributed by atoms with van der Waals surface area (Å²) in [6, 6.07) is 12.6. The summed E-state index contributed by atoms with van der Waals surface area (Å²) in [6.07, 6.45) is 0.356. The molecule has 1 heterocycles. The van der Waals surface area contributed by atoms with Crippen LogP contribution in [0.1, 0.15) is 22.1 Å². The number of nitrogens with zero attached hydrogens (tertiary/aromatic N) is 2. The fourth-order valence-electron chi connectivity index (χ4n) is 1.97. The van der Waals surface area contributed by atoms with E-state index in [1.54, 1.807) is 0 Å². The average molecular weight is 315 g/mol. The van der Waals surface area contributed by atoms with Crippen molar-refractivity contribution in [2.75, 3.05) is 5.32 Å². The summed E-state index contributed by atoms with van der Waals surface area (Å²) in [5, 5.41) is 9.43. The highest BCUT2D eigenvalue weighted by molar-refractivity contribution is 6.00. The van der Waals surface area contributed by atoms with Gasteiger partial charge in [0.2, 0.25) is 5.89 Å². The van der Waals surface area contributed by atoms with E-state index in [2.05, 4.69) is 15.5 Å². The number of hydrogen-bond donors (Lipinski definition) is 1. The van der Waals surface area contributed by atoms with E-state index in [0.29, 0.717) is 6.42 Å². The minimum absolute atomic E-state index is 0.232. The summed E-state index contributed by atoms with van der Waals surface area (Å²) < 4.78 is 32.2. The number of aromatic nitrogens is 2. The second-order valence-electron chi connectivity index (χ2n) is 4.71. The third kappa shape index (κ3) is 3.39. The van der Waals surface area contributed by atoms with Crippen LogP contribution in [-0.2, 0) is 6.42 Å². The highest BCUT2D eigenvalue weighted by atomic mass is 19.1. The number of carbonyl (C=O) groups excluding carboxylic acids is 1. The first kappa shape index (κ1) is 14.8. The zero-order valence-corrected chi connectivity index (χ0v) is 11.8. The summed E-state index contributed by atoms with van der Waals surface area (Å²) in [7, 11) is 0. The molecule has 0 spiro atoms. The number of para-hydroxylation sites is 1. The van der Waals surface area contributed by atoms with E-state index >= 15 is 0 Å². The van der Waals surface area contributed by atoms with Gasteiger partial charge in [0.05, 0.1) is 6.42 Å². The van der Waals surface area contributed by atoms with Crippen LogP contribution in [0.3, 0.4) is 0 Å². The first-order chi connectivity index (χ1) is 11.1. The quantitative estimate of drug-likeness (QED) is 0.803. The summed E-state index contributed by atoms with van der Waals surface area (Å²) >= 11 is 0. The normalized spacial score (nSPS) is 10.5. The summed E-state index contributed by atoms with van der Waals surface area (Å²) in [4.78, 5) is 11.9. The van der Waals surface area contributed by atoms with Gasteiger partial charge >= 0.3 is 11.8 Å². The van der Waals surface area contributed by atoms with Gasteiger partial charge in [-0.1, -0.05) is 36.4 Å². The molecule has 0 bridgehead atoms. The first-order valence-corrected chi connectivity index (χ1v) is 6.75. The Bertz CT molecular complexity index is 814. The summed E-state index contributed by atoms with van der Waals surface area (Å²) in [6.45, 7) is 0. The topological polar surface area (TPSA) is 68.0 Å². The molecule has 0 saturated heterocycles. The monoisotopic (exact) mass is 315 g/mol. The van der Waals surface area contributed by atoms with Crippen LogP contribution in [0.25, 0.3) is 0 Å². The van der Waals surface area contributed by atoms with Gasteiger partial charge in [0.25, 0.3) is 0 Å². The predicted octanol–water partition coefficient (Wildman–Crippen LogP) is 3.19. The van der Waals surface area contributed by atoms with Crippen LogP contribution in [0.4, 0.5) is 14.5 Å². The highest BCUT2D eigenvalue weighted by Crippen LogP contribution is 2.19. The molecule has 1 aromatic heterocycles. The maximum atomic E-state index is 13.5. The Hall–Kier alpha value is -3.09.